The molecule has 1 aliphatic carbocycles. The summed E-state index contributed by atoms with van der Waals surface area (Å²) in [5.41, 5.74) is 1.50. The van der Waals surface area contributed by atoms with E-state index in [1.807, 2.05) is 29.1 Å². The van der Waals surface area contributed by atoms with E-state index in [-0.39, 0.29) is 17.4 Å². The van der Waals surface area contributed by atoms with E-state index in [4.69, 9.17) is 4.74 Å². The van der Waals surface area contributed by atoms with Crippen LogP contribution in [-0.4, -0.2) is 28.4 Å². The van der Waals surface area contributed by atoms with Crippen molar-refractivity contribution in [1.29, 1.82) is 0 Å². The van der Waals surface area contributed by atoms with Crippen molar-refractivity contribution in [2.24, 2.45) is 0 Å². The predicted molar refractivity (Wildman–Crippen MR) is 91.8 cm³/mol. The van der Waals surface area contributed by atoms with E-state index in [0.29, 0.717) is 0 Å². The third-order valence-electron chi connectivity index (χ3n) is 5.27. The van der Waals surface area contributed by atoms with Gasteiger partial charge in [-0.15, -0.1) is 0 Å². The van der Waals surface area contributed by atoms with E-state index in [2.05, 4.69) is 22.5 Å². The molecule has 1 aromatic carbocycles. The molecule has 0 bridgehead atoms. The van der Waals surface area contributed by atoms with E-state index in [9.17, 15) is 4.79 Å². The lowest BCUT2D eigenvalue weighted by Crippen LogP contribution is -2.45. The van der Waals surface area contributed by atoms with Gasteiger partial charge >= 0.3 is 0 Å². The Morgan fingerprint density at radius 2 is 2.12 bits per heavy atom. The summed E-state index contributed by atoms with van der Waals surface area (Å²) in [4.78, 5) is 12.9. The number of nitrogens with one attached hydrogen (secondary N) is 1. The van der Waals surface area contributed by atoms with Crippen LogP contribution in [0.5, 0.6) is 0 Å². The van der Waals surface area contributed by atoms with Crippen LogP contribution in [0.3, 0.4) is 0 Å². The van der Waals surface area contributed by atoms with Crippen molar-refractivity contribution in [3.05, 3.63) is 48.3 Å². The molecule has 0 unspecified atom stereocenters. The van der Waals surface area contributed by atoms with Crippen LogP contribution in [-0.2, 0) is 21.5 Å². The van der Waals surface area contributed by atoms with Crippen LogP contribution in [0.25, 0.3) is 0 Å². The largest absolute Gasteiger partial charge is 0.376 e. The molecule has 1 saturated heterocycles. The Kier molecular flexibility index (Phi) is 4.10. The number of anilines is 1. The number of carbonyl (C=O) groups is 1. The number of ether oxygens (including phenoxy) is 1. The minimum absolute atomic E-state index is 0.0802. The molecule has 2 aromatic rings. The second-order valence-corrected chi connectivity index (χ2v) is 6.84. The lowest BCUT2D eigenvalue weighted by molar-refractivity contribution is -0.124. The Morgan fingerprint density at radius 3 is 2.79 bits per heavy atom. The summed E-state index contributed by atoms with van der Waals surface area (Å²) in [5, 5.41) is 7.42. The Labute approximate surface area is 142 Å². The van der Waals surface area contributed by atoms with Gasteiger partial charge in [0.05, 0.1) is 29.9 Å². The van der Waals surface area contributed by atoms with Crippen LogP contribution >= 0.6 is 0 Å². The highest BCUT2D eigenvalue weighted by molar-refractivity contribution is 5.99. The zero-order valence-corrected chi connectivity index (χ0v) is 13.8. The summed E-state index contributed by atoms with van der Waals surface area (Å²) in [6.45, 7) is 1.59. The van der Waals surface area contributed by atoms with Gasteiger partial charge in [-0.1, -0.05) is 36.8 Å². The Balaban J connectivity index is 1.45. The Morgan fingerprint density at radius 1 is 1.29 bits per heavy atom. The highest BCUT2D eigenvalue weighted by atomic mass is 16.5. The molecular formula is C19H23N3O2. The van der Waals surface area contributed by atoms with Gasteiger partial charge in [-0.25, -0.2) is 0 Å². The first-order valence-electron chi connectivity index (χ1n) is 8.77. The van der Waals surface area contributed by atoms with Gasteiger partial charge in [0.2, 0.25) is 5.91 Å². The normalized spacial score (nSPS) is 22.1. The molecule has 2 aliphatic rings. The third-order valence-corrected chi connectivity index (χ3v) is 5.27. The molecule has 1 atom stereocenters. The first-order valence-corrected chi connectivity index (χ1v) is 8.77. The van der Waals surface area contributed by atoms with Gasteiger partial charge in [-0.2, -0.15) is 5.10 Å². The molecule has 1 saturated carbocycles. The van der Waals surface area contributed by atoms with Crippen molar-refractivity contribution < 1.29 is 9.53 Å². The first-order chi connectivity index (χ1) is 11.8. The molecule has 1 aromatic heterocycles. The average molecular weight is 325 g/mol. The minimum atomic E-state index is -0.377. The molecule has 5 nitrogen and oxygen atoms in total. The van der Waals surface area contributed by atoms with Crippen molar-refractivity contribution in [1.82, 2.24) is 9.78 Å². The molecule has 2 fully saturated rings. The van der Waals surface area contributed by atoms with Crippen LogP contribution in [0.4, 0.5) is 5.69 Å². The smallest absolute Gasteiger partial charge is 0.235 e. The van der Waals surface area contributed by atoms with Gasteiger partial charge in [-0.3, -0.25) is 9.48 Å². The molecule has 0 spiro atoms. The molecule has 1 amide bonds. The predicted octanol–water partition coefficient (Wildman–Crippen LogP) is 3.12. The zero-order valence-electron chi connectivity index (χ0n) is 13.8. The van der Waals surface area contributed by atoms with E-state index >= 15 is 0 Å². The van der Waals surface area contributed by atoms with Gasteiger partial charge in [0.25, 0.3) is 0 Å². The highest BCUT2D eigenvalue weighted by Gasteiger charge is 2.45. The number of nitrogens with zero attached hydrogens (tertiary/aromatic N) is 2. The highest BCUT2D eigenvalue weighted by Crippen LogP contribution is 2.44. The molecule has 1 aliphatic heterocycles. The summed E-state index contributed by atoms with van der Waals surface area (Å²) in [6, 6.07) is 10.1. The summed E-state index contributed by atoms with van der Waals surface area (Å²) in [6.07, 6.45) is 8.99. The molecule has 0 radical (unpaired) electrons. The maximum atomic E-state index is 12.9. The van der Waals surface area contributed by atoms with Gasteiger partial charge in [0.15, 0.2) is 0 Å². The maximum Gasteiger partial charge on any atom is 0.235 e. The van der Waals surface area contributed by atoms with Crippen molar-refractivity contribution in [3.63, 3.8) is 0 Å². The maximum absolute atomic E-state index is 12.9. The Bertz CT molecular complexity index is 700. The van der Waals surface area contributed by atoms with Gasteiger partial charge < -0.3 is 10.1 Å². The third kappa shape index (κ3) is 2.84. The number of carbonyl (C=O) groups excluding carboxylic acids is 1. The monoisotopic (exact) mass is 325 g/mol. The van der Waals surface area contributed by atoms with Crippen LogP contribution in [0.1, 0.15) is 37.7 Å². The fourth-order valence-corrected chi connectivity index (χ4v) is 3.71. The number of benzene rings is 1. The second-order valence-electron chi connectivity index (χ2n) is 6.84. The van der Waals surface area contributed by atoms with Crippen LogP contribution in [0.2, 0.25) is 0 Å². The van der Waals surface area contributed by atoms with Gasteiger partial charge in [0.1, 0.15) is 0 Å². The van der Waals surface area contributed by atoms with Crippen molar-refractivity contribution in [3.8, 4) is 0 Å². The van der Waals surface area contributed by atoms with Crippen LogP contribution in [0.15, 0.2) is 42.7 Å². The SMILES string of the molecule is O=C(Nc1cnn(C[C@@H]2CCCO2)c1)C1(c2ccccc2)CCC1. The van der Waals surface area contributed by atoms with Gasteiger partial charge in [-0.05, 0) is 31.2 Å². The first kappa shape index (κ1) is 15.4. The second kappa shape index (κ2) is 6.40. The van der Waals surface area contributed by atoms with E-state index in [0.717, 1.165) is 56.5 Å². The summed E-state index contributed by atoms with van der Waals surface area (Å²) in [7, 11) is 0. The molecule has 24 heavy (non-hydrogen) atoms. The zero-order chi connectivity index (χ0) is 16.4. The quantitative estimate of drug-likeness (QED) is 0.919. The summed E-state index contributed by atoms with van der Waals surface area (Å²) < 4.78 is 7.50. The topological polar surface area (TPSA) is 56.2 Å². The van der Waals surface area contributed by atoms with Crippen molar-refractivity contribution in [2.45, 2.75) is 50.2 Å². The fraction of sp³-hybridized carbons (Fsp3) is 0.474. The van der Waals surface area contributed by atoms with Gasteiger partial charge in [0, 0.05) is 12.8 Å². The van der Waals surface area contributed by atoms with Crippen molar-refractivity contribution >= 4 is 11.6 Å². The standard InChI is InChI=1S/C19H23N3O2/c23-18(19(9-5-10-19)15-6-2-1-3-7-15)21-16-12-20-22(13-16)14-17-8-4-11-24-17/h1-3,6-7,12-13,17H,4-5,8-11,14H2,(H,21,23)/t17-/m0/s1. The number of aromatic nitrogens is 2. The Hall–Kier alpha value is -2.14. The number of hydrogen-bond acceptors (Lipinski definition) is 3. The van der Waals surface area contributed by atoms with Crippen molar-refractivity contribution in [2.75, 3.05) is 11.9 Å². The lowest BCUT2D eigenvalue weighted by Gasteiger charge is -2.40. The molecule has 5 heteroatoms. The fourth-order valence-electron chi connectivity index (χ4n) is 3.71. The van der Waals surface area contributed by atoms with E-state index in [1.54, 1.807) is 6.20 Å². The van der Waals surface area contributed by atoms with E-state index < -0.39 is 0 Å². The minimum Gasteiger partial charge on any atom is -0.376 e. The number of amides is 1. The van der Waals surface area contributed by atoms with E-state index in [1.165, 1.54) is 0 Å². The summed E-state index contributed by atoms with van der Waals surface area (Å²) >= 11 is 0. The number of rotatable bonds is 5. The molecule has 2 heterocycles. The molecule has 1 N–H and O–H groups in total. The van der Waals surface area contributed by atoms with Crippen LogP contribution < -0.4 is 5.32 Å². The average Bonchev–Trinajstić information content (AvgIpc) is 3.20. The molecule has 4 rings (SSSR count). The molecule has 126 valence electrons. The molecular weight excluding hydrogens is 302 g/mol. The van der Waals surface area contributed by atoms with Crippen LogP contribution in [0, 0.1) is 0 Å². The lowest BCUT2D eigenvalue weighted by atomic mass is 9.64. The number of hydrogen-bond donors (Lipinski definition) is 1. The summed E-state index contributed by atoms with van der Waals surface area (Å²) in [5.74, 6) is 0.0802.